The van der Waals surface area contributed by atoms with Crippen LogP contribution in [0.3, 0.4) is 0 Å². The Bertz CT molecular complexity index is 556. The zero-order chi connectivity index (χ0) is 13.7. The topological polar surface area (TPSA) is 103 Å². The van der Waals surface area contributed by atoms with Gasteiger partial charge in [-0.15, -0.1) is 0 Å². The molecule has 2 aromatic rings. The van der Waals surface area contributed by atoms with Crippen molar-refractivity contribution < 1.29 is 14.2 Å². The van der Waals surface area contributed by atoms with E-state index < -0.39 is 4.92 Å². The largest absolute Gasteiger partial charge is 0.496 e. The highest BCUT2D eigenvalue weighted by molar-refractivity contribution is 5.43. The van der Waals surface area contributed by atoms with Gasteiger partial charge in [0.05, 0.1) is 18.6 Å². The zero-order valence-corrected chi connectivity index (χ0v) is 10.2. The monoisotopic (exact) mass is 264 g/mol. The van der Waals surface area contributed by atoms with Crippen LogP contribution in [0.4, 0.5) is 5.69 Å². The normalized spacial score (nSPS) is 10.4. The fourth-order valence-corrected chi connectivity index (χ4v) is 1.60. The summed E-state index contributed by atoms with van der Waals surface area (Å²) >= 11 is 0. The number of nitrogens with one attached hydrogen (secondary N) is 1. The van der Waals surface area contributed by atoms with Gasteiger partial charge in [0.1, 0.15) is 5.75 Å². The summed E-state index contributed by atoms with van der Waals surface area (Å²) < 4.78 is 9.75. The lowest BCUT2D eigenvalue weighted by Crippen LogP contribution is -2.14. The van der Waals surface area contributed by atoms with E-state index in [0.29, 0.717) is 30.2 Å². The summed E-state index contributed by atoms with van der Waals surface area (Å²) in [6.45, 7) is 0.807. The molecule has 1 N–H and O–H groups in total. The lowest BCUT2D eigenvalue weighted by Gasteiger charge is -2.08. The van der Waals surface area contributed by atoms with Gasteiger partial charge >= 0.3 is 0 Å². The van der Waals surface area contributed by atoms with Crippen molar-refractivity contribution in [3.05, 3.63) is 46.1 Å². The van der Waals surface area contributed by atoms with Crippen LogP contribution in [0.2, 0.25) is 0 Å². The van der Waals surface area contributed by atoms with Crippen LogP contribution >= 0.6 is 0 Å². The minimum Gasteiger partial charge on any atom is -0.496 e. The minimum absolute atomic E-state index is 0.0251. The van der Waals surface area contributed by atoms with Gasteiger partial charge < -0.3 is 14.6 Å². The Hall–Kier alpha value is -2.48. The Kier molecular flexibility index (Phi) is 4.04. The number of nitro groups is 1. The van der Waals surface area contributed by atoms with E-state index in [1.165, 1.54) is 25.6 Å². The summed E-state index contributed by atoms with van der Waals surface area (Å²) in [4.78, 5) is 14.1. The van der Waals surface area contributed by atoms with Crippen molar-refractivity contribution in [2.24, 2.45) is 0 Å². The van der Waals surface area contributed by atoms with Crippen LogP contribution in [0.5, 0.6) is 5.75 Å². The number of aromatic nitrogens is 2. The first-order valence-corrected chi connectivity index (χ1v) is 5.48. The summed E-state index contributed by atoms with van der Waals surface area (Å²) in [7, 11) is 1.52. The molecular formula is C11H12N4O4. The van der Waals surface area contributed by atoms with Gasteiger partial charge in [-0.2, -0.15) is 4.98 Å². The molecule has 0 unspecified atom stereocenters. The van der Waals surface area contributed by atoms with Crippen LogP contribution in [-0.2, 0) is 13.1 Å². The smallest absolute Gasteiger partial charge is 0.270 e. The quantitative estimate of drug-likeness (QED) is 0.619. The third-order valence-corrected chi connectivity index (χ3v) is 2.48. The molecule has 2 rings (SSSR count). The van der Waals surface area contributed by atoms with Gasteiger partial charge in [-0.3, -0.25) is 10.1 Å². The summed E-state index contributed by atoms with van der Waals surface area (Å²) in [6.07, 6.45) is 1.24. The number of methoxy groups -OCH3 is 1. The van der Waals surface area contributed by atoms with Gasteiger partial charge in [0, 0.05) is 24.2 Å². The first-order valence-electron chi connectivity index (χ1n) is 5.48. The van der Waals surface area contributed by atoms with E-state index in [-0.39, 0.29) is 5.69 Å². The van der Waals surface area contributed by atoms with E-state index in [2.05, 4.69) is 20.0 Å². The third kappa shape index (κ3) is 3.26. The molecule has 0 aliphatic rings. The van der Waals surface area contributed by atoms with Crippen molar-refractivity contribution in [1.29, 1.82) is 0 Å². The molecule has 0 aliphatic heterocycles. The van der Waals surface area contributed by atoms with Gasteiger partial charge in [-0.05, 0) is 6.07 Å². The summed E-state index contributed by atoms with van der Waals surface area (Å²) in [5.41, 5.74) is 0.720. The van der Waals surface area contributed by atoms with Crippen LogP contribution in [0, 0.1) is 10.1 Å². The number of ether oxygens (including phenoxy) is 1. The summed E-state index contributed by atoms with van der Waals surface area (Å²) in [5, 5.41) is 17.4. The molecule has 100 valence electrons. The van der Waals surface area contributed by atoms with Crippen LogP contribution in [-0.4, -0.2) is 22.2 Å². The lowest BCUT2D eigenvalue weighted by atomic mass is 10.1. The molecule has 0 amide bonds. The fourth-order valence-electron chi connectivity index (χ4n) is 1.60. The molecule has 1 aromatic heterocycles. The Morgan fingerprint density at radius 1 is 1.47 bits per heavy atom. The molecule has 0 bridgehead atoms. The lowest BCUT2D eigenvalue weighted by molar-refractivity contribution is -0.384. The maximum Gasteiger partial charge on any atom is 0.270 e. The molecule has 0 atom stereocenters. The van der Waals surface area contributed by atoms with Crippen molar-refractivity contribution in [1.82, 2.24) is 15.5 Å². The predicted octanol–water partition coefficient (Wildman–Crippen LogP) is 1.28. The van der Waals surface area contributed by atoms with Gasteiger partial charge in [0.25, 0.3) is 5.69 Å². The van der Waals surface area contributed by atoms with E-state index in [0.717, 1.165) is 0 Å². The molecule has 0 saturated carbocycles. The molecule has 8 nitrogen and oxygen atoms in total. The number of hydrogen-bond acceptors (Lipinski definition) is 7. The van der Waals surface area contributed by atoms with Gasteiger partial charge in [0.2, 0.25) is 6.39 Å². The minimum atomic E-state index is -0.442. The molecule has 8 heteroatoms. The Balaban J connectivity index is 2.04. The number of nitro benzene ring substituents is 1. The SMILES string of the molecule is COc1ccc([N+](=O)[O-])cc1CNCc1ncon1. The highest BCUT2D eigenvalue weighted by atomic mass is 16.6. The second-order valence-corrected chi connectivity index (χ2v) is 3.70. The van der Waals surface area contributed by atoms with Gasteiger partial charge in [0.15, 0.2) is 5.82 Å². The average molecular weight is 264 g/mol. The maximum absolute atomic E-state index is 10.7. The molecule has 0 spiro atoms. The van der Waals surface area contributed by atoms with Crippen LogP contribution in [0.15, 0.2) is 29.1 Å². The Morgan fingerprint density at radius 2 is 2.32 bits per heavy atom. The van der Waals surface area contributed by atoms with Gasteiger partial charge in [-0.1, -0.05) is 5.16 Å². The number of non-ortho nitro benzene ring substituents is 1. The van der Waals surface area contributed by atoms with Crippen molar-refractivity contribution in [3.63, 3.8) is 0 Å². The molecule has 19 heavy (non-hydrogen) atoms. The fraction of sp³-hybridized carbons (Fsp3) is 0.273. The van der Waals surface area contributed by atoms with Crippen LogP contribution in [0.1, 0.15) is 11.4 Å². The molecule has 0 radical (unpaired) electrons. The summed E-state index contributed by atoms with van der Waals surface area (Å²) in [5.74, 6) is 1.11. The van der Waals surface area contributed by atoms with Gasteiger partial charge in [-0.25, -0.2) is 0 Å². The number of nitrogens with zero attached hydrogens (tertiary/aromatic N) is 3. The number of hydrogen-bond donors (Lipinski definition) is 1. The first kappa shape index (κ1) is 13.0. The molecular weight excluding hydrogens is 252 g/mol. The number of rotatable bonds is 6. The average Bonchev–Trinajstić information content (AvgIpc) is 2.91. The van der Waals surface area contributed by atoms with E-state index >= 15 is 0 Å². The molecule has 1 heterocycles. The van der Waals surface area contributed by atoms with Crippen LogP contribution in [0.25, 0.3) is 0 Å². The predicted molar refractivity (Wildman–Crippen MR) is 64.5 cm³/mol. The van der Waals surface area contributed by atoms with Crippen molar-refractivity contribution >= 4 is 5.69 Å². The third-order valence-electron chi connectivity index (χ3n) is 2.48. The van der Waals surface area contributed by atoms with E-state index in [1.54, 1.807) is 6.07 Å². The highest BCUT2D eigenvalue weighted by Crippen LogP contribution is 2.23. The van der Waals surface area contributed by atoms with Crippen molar-refractivity contribution in [3.8, 4) is 5.75 Å². The molecule has 0 saturated heterocycles. The molecule has 1 aromatic carbocycles. The second kappa shape index (κ2) is 5.91. The van der Waals surface area contributed by atoms with E-state index in [4.69, 9.17) is 4.74 Å². The highest BCUT2D eigenvalue weighted by Gasteiger charge is 2.11. The zero-order valence-electron chi connectivity index (χ0n) is 10.2. The Morgan fingerprint density at radius 3 is 2.95 bits per heavy atom. The van der Waals surface area contributed by atoms with Crippen molar-refractivity contribution in [2.45, 2.75) is 13.1 Å². The van der Waals surface area contributed by atoms with E-state index in [1.807, 2.05) is 0 Å². The number of benzene rings is 1. The Labute approximate surface area is 108 Å². The molecule has 0 fully saturated rings. The summed E-state index contributed by atoms with van der Waals surface area (Å²) in [6, 6.07) is 4.45. The van der Waals surface area contributed by atoms with Crippen molar-refractivity contribution in [2.75, 3.05) is 7.11 Å². The first-order chi connectivity index (χ1) is 9.20. The maximum atomic E-state index is 10.7. The molecule has 0 aliphatic carbocycles. The van der Waals surface area contributed by atoms with Crippen LogP contribution < -0.4 is 10.1 Å². The standard InChI is InChI=1S/C11H12N4O4/c1-18-10-3-2-9(15(16)17)4-8(10)5-12-6-11-13-7-19-14-11/h2-4,7,12H,5-6H2,1H3. The van der Waals surface area contributed by atoms with E-state index in [9.17, 15) is 10.1 Å². The second-order valence-electron chi connectivity index (χ2n) is 3.70.